The Morgan fingerprint density at radius 3 is 2.48 bits per heavy atom. The summed E-state index contributed by atoms with van der Waals surface area (Å²) >= 11 is 6.22. The number of morpholine rings is 1. The van der Waals surface area contributed by atoms with Crippen molar-refractivity contribution in [3.8, 4) is 11.4 Å². The second-order valence-electron chi connectivity index (χ2n) is 5.84. The van der Waals surface area contributed by atoms with Crippen molar-refractivity contribution in [1.29, 1.82) is 0 Å². The number of anilines is 1. The molecule has 4 rings (SSSR count). The van der Waals surface area contributed by atoms with E-state index in [-0.39, 0.29) is 0 Å². The van der Waals surface area contributed by atoms with Crippen molar-refractivity contribution in [2.75, 3.05) is 18.1 Å². The lowest BCUT2D eigenvalue weighted by Crippen LogP contribution is -2.46. The Labute approximate surface area is 138 Å². The molecule has 23 heavy (non-hydrogen) atoms. The fraction of sp³-hybridized carbons (Fsp3) is 0.375. The van der Waals surface area contributed by atoms with Crippen molar-refractivity contribution >= 4 is 23.1 Å². The highest BCUT2D eigenvalue weighted by Gasteiger charge is 2.38. The minimum Gasteiger partial charge on any atom is -0.377 e. The number of halogens is 1. The zero-order chi connectivity index (χ0) is 15.8. The first-order valence-corrected chi connectivity index (χ1v) is 7.97. The summed E-state index contributed by atoms with van der Waals surface area (Å²) in [4.78, 5) is 21.8. The van der Waals surface area contributed by atoms with Crippen LogP contribution in [0.3, 0.4) is 0 Å². The quantitative estimate of drug-likeness (QED) is 0.635. The largest absolute Gasteiger partial charge is 0.377 e. The minimum absolute atomic E-state index is 0.356. The number of fused-ring (bicyclic) bond motifs is 2. The zero-order valence-electron chi connectivity index (χ0n) is 12.4. The molecule has 1 aromatic heterocycles. The molecule has 2 aliphatic heterocycles. The standard InChI is InChI=1S/C16H15ClN4O2/c17-14-7-15(21-12-5-6-13(21)9-23-8-12)19-16(18-14)10-1-3-11(20-22)4-2-10/h1-4,7,12-13H,5-6,8-9H2. The van der Waals surface area contributed by atoms with Gasteiger partial charge in [-0.05, 0) is 42.3 Å². The van der Waals surface area contributed by atoms with Crippen molar-refractivity contribution in [2.45, 2.75) is 24.9 Å². The first-order valence-electron chi connectivity index (χ1n) is 7.59. The van der Waals surface area contributed by atoms with E-state index in [1.807, 2.05) is 6.07 Å². The van der Waals surface area contributed by atoms with Gasteiger partial charge in [0.25, 0.3) is 0 Å². The summed E-state index contributed by atoms with van der Waals surface area (Å²) in [5, 5.41) is 3.31. The normalized spacial score (nSPS) is 23.1. The predicted octanol–water partition coefficient (Wildman–Crippen LogP) is 3.56. The Balaban J connectivity index is 1.72. The van der Waals surface area contributed by atoms with Crippen molar-refractivity contribution < 1.29 is 4.74 Å². The fourth-order valence-corrected chi connectivity index (χ4v) is 3.52. The Kier molecular flexibility index (Phi) is 3.71. The van der Waals surface area contributed by atoms with Crippen LogP contribution < -0.4 is 4.90 Å². The third-order valence-electron chi connectivity index (χ3n) is 4.42. The highest BCUT2D eigenvalue weighted by molar-refractivity contribution is 6.29. The molecule has 1 aromatic carbocycles. The number of hydrogen-bond donors (Lipinski definition) is 0. The summed E-state index contributed by atoms with van der Waals surface area (Å²) in [5.41, 5.74) is 1.18. The molecule has 2 atom stereocenters. The molecule has 2 aliphatic rings. The Hall–Kier alpha value is -2.05. The van der Waals surface area contributed by atoms with Gasteiger partial charge in [0.05, 0.1) is 25.3 Å². The zero-order valence-corrected chi connectivity index (χ0v) is 13.1. The summed E-state index contributed by atoms with van der Waals surface area (Å²) < 4.78 is 5.62. The molecule has 2 saturated heterocycles. The molecular formula is C16H15ClN4O2. The van der Waals surface area contributed by atoms with E-state index in [1.54, 1.807) is 24.3 Å². The first kappa shape index (κ1) is 14.5. The van der Waals surface area contributed by atoms with E-state index in [0.29, 0.717) is 28.7 Å². The van der Waals surface area contributed by atoms with Gasteiger partial charge < -0.3 is 9.64 Å². The number of ether oxygens (including phenoxy) is 1. The molecule has 2 fully saturated rings. The molecule has 0 radical (unpaired) electrons. The van der Waals surface area contributed by atoms with E-state index < -0.39 is 0 Å². The molecule has 0 amide bonds. The average Bonchev–Trinajstić information content (AvgIpc) is 2.83. The molecule has 2 aromatic rings. The molecule has 3 heterocycles. The van der Waals surface area contributed by atoms with E-state index in [2.05, 4.69) is 20.0 Å². The van der Waals surface area contributed by atoms with E-state index in [1.165, 1.54) is 0 Å². The topological polar surface area (TPSA) is 67.7 Å². The van der Waals surface area contributed by atoms with Crippen LogP contribution in [-0.4, -0.2) is 35.3 Å². The van der Waals surface area contributed by atoms with Gasteiger partial charge in [-0.1, -0.05) is 11.6 Å². The molecule has 0 spiro atoms. The van der Waals surface area contributed by atoms with Gasteiger partial charge >= 0.3 is 0 Å². The summed E-state index contributed by atoms with van der Waals surface area (Å²) in [6.45, 7) is 1.46. The molecule has 2 unspecified atom stereocenters. The maximum Gasteiger partial charge on any atom is 0.163 e. The van der Waals surface area contributed by atoms with Gasteiger partial charge in [-0.2, -0.15) is 0 Å². The molecule has 6 nitrogen and oxygen atoms in total. The number of hydrogen-bond acceptors (Lipinski definition) is 6. The van der Waals surface area contributed by atoms with Crippen LogP contribution in [0.1, 0.15) is 12.8 Å². The van der Waals surface area contributed by atoms with Gasteiger partial charge in [-0.15, -0.1) is 4.91 Å². The Bertz CT molecular complexity index is 721. The van der Waals surface area contributed by atoms with Gasteiger partial charge in [0.2, 0.25) is 0 Å². The first-order chi connectivity index (χ1) is 11.2. The summed E-state index contributed by atoms with van der Waals surface area (Å²) in [5.74, 6) is 1.39. The van der Waals surface area contributed by atoms with E-state index in [4.69, 9.17) is 16.3 Å². The number of rotatable bonds is 3. The van der Waals surface area contributed by atoms with Gasteiger partial charge in [0.1, 0.15) is 16.7 Å². The second-order valence-corrected chi connectivity index (χ2v) is 6.23. The highest BCUT2D eigenvalue weighted by atomic mass is 35.5. The van der Waals surface area contributed by atoms with E-state index in [9.17, 15) is 4.91 Å². The third kappa shape index (κ3) is 2.68. The monoisotopic (exact) mass is 330 g/mol. The van der Waals surface area contributed by atoms with Crippen LogP contribution in [0.15, 0.2) is 35.5 Å². The highest BCUT2D eigenvalue weighted by Crippen LogP contribution is 2.34. The number of aromatic nitrogens is 2. The second kappa shape index (κ2) is 5.86. The molecule has 0 saturated carbocycles. The van der Waals surface area contributed by atoms with Crippen LogP contribution in [0.2, 0.25) is 5.15 Å². The fourth-order valence-electron chi connectivity index (χ4n) is 3.34. The minimum atomic E-state index is 0.356. The van der Waals surface area contributed by atoms with Crippen LogP contribution in [0, 0.1) is 4.91 Å². The van der Waals surface area contributed by atoms with Crippen LogP contribution >= 0.6 is 11.6 Å². The lowest BCUT2D eigenvalue weighted by Gasteiger charge is -2.35. The molecule has 0 aliphatic carbocycles. The lowest BCUT2D eigenvalue weighted by molar-refractivity contribution is 0.0902. The molecule has 2 bridgehead atoms. The lowest BCUT2D eigenvalue weighted by atomic mass is 10.2. The van der Waals surface area contributed by atoms with Crippen molar-refractivity contribution in [3.05, 3.63) is 40.4 Å². The van der Waals surface area contributed by atoms with Gasteiger partial charge in [-0.25, -0.2) is 9.97 Å². The Morgan fingerprint density at radius 1 is 1.13 bits per heavy atom. The predicted molar refractivity (Wildman–Crippen MR) is 88.0 cm³/mol. The molecule has 7 heteroatoms. The van der Waals surface area contributed by atoms with E-state index in [0.717, 1.165) is 37.4 Å². The summed E-state index contributed by atoms with van der Waals surface area (Å²) in [7, 11) is 0. The maximum atomic E-state index is 10.5. The van der Waals surface area contributed by atoms with Gasteiger partial charge in [-0.3, -0.25) is 0 Å². The maximum absolute atomic E-state index is 10.5. The average molecular weight is 331 g/mol. The van der Waals surface area contributed by atoms with Crippen molar-refractivity contribution in [3.63, 3.8) is 0 Å². The Morgan fingerprint density at radius 2 is 1.83 bits per heavy atom. The van der Waals surface area contributed by atoms with E-state index >= 15 is 0 Å². The van der Waals surface area contributed by atoms with Crippen molar-refractivity contribution in [1.82, 2.24) is 9.97 Å². The van der Waals surface area contributed by atoms with Crippen LogP contribution in [-0.2, 0) is 4.74 Å². The summed E-state index contributed by atoms with van der Waals surface area (Å²) in [6, 6.07) is 9.36. The van der Waals surface area contributed by atoms with Gasteiger partial charge in [0, 0.05) is 11.6 Å². The van der Waals surface area contributed by atoms with Gasteiger partial charge in [0.15, 0.2) is 5.82 Å². The smallest absolute Gasteiger partial charge is 0.163 e. The number of benzene rings is 1. The summed E-state index contributed by atoms with van der Waals surface area (Å²) in [6.07, 6.45) is 2.22. The van der Waals surface area contributed by atoms with Crippen molar-refractivity contribution in [2.24, 2.45) is 5.18 Å². The van der Waals surface area contributed by atoms with Crippen LogP contribution in [0.5, 0.6) is 0 Å². The molecule has 0 N–H and O–H groups in total. The third-order valence-corrected chi connectivity index (χ3v) is 4.61. The van der Waals surface area contributed by atoms with Crippen LogP contribution in [0.4, 0.5) is 11.5 Å². The van der Waals surface area contributed by atoms with Crippen LogP contribution in [0.25, 0.3) is 11.4 Å². The number of nitroso groups, excluding NO2 is 1. The number of nitrogens with zero attached hydrogens (tertiary/aromatic N) is 4. The molecular weight excluding hydrogens is 316 g/mol. The molecule has 118 valence electrons. The SMILES string of the molecule is O=Nc1ccc(-c2nc(Cl)cc(N3C4CCC3COC4)n2)cc1.